The largest absolute Gasteiger partial charge is 0.480 e. The van der Waals surface area contributed by atoms with Crippen LogP contribution in [0.25, 0.3) is 0 Å². The van der Waals surface area contributed by atoms with Crippen molar-refractivity contribution >= 4 is 48.1 Å². The first-order valence-corrected chi connectivity index (χ1v) is 13.0. The van der Waals surface area contributed by atoms with Crippen LogP contribution in [0.4, 0.5) is 19.2 Å². The van der Waals surface area contributed by atoms with Crippen molar-refractivity contribution < 1.29 is 67.2 Å². The van der Waals surface area contributed by atoms with Crippen LogP contribution >= 0.6 is 0 Å². The molecule has 1 rings (SSSR count). The summed E-state index contributed by atoms with van der Waals surface area (Å²) < 4.78 is 17.5. The normalized spacial score (nSPS) is 13.3. The van der Waals surface area contributed by atoms with Gasteiger partial charge in [-0.1, -0.05) is 0 Å². The van der Waals surface area contributed by atoms with Gasteiger partial charge in [-0.3, -0.25) is 9.59 Å². The van der Waals surface area contributed by atoms with Gasteiger partial charge in [0.2, 0.25) is 0 Å². The number of amides is 6. The van der Waals surface area contributed by atoms with Gasteiger partial charge < -0.3 is 50.2 Å². The molecule has 1 aliphatic heterocycles. The molecule has 1 heterocycles. The topological polar surface area (TPSA) is 254 Å². The first-order valence-electron chi connectivity index (χ1n) is 13.0. The van der Waals surface area contributed by atoms with E-state index in [1.807, 2.05) is 0 Å². The predicted molar refractivity (Wildman–Crippen MR) is 142 cm³/mol. The molecule has 43 heavy (non-hydrogen) atoms. The summed E-state index contributed by atoms with van der Waals surface area (Å²) in [5, 5.41) is 18.7. The molecular weight excluding hydrogens is 582 g/mol. The highest BCUT2D eigenvalue weighted by Crippen LogP contribution is 2.14. The van der Waals surface area contributed by atoms with Gasteiger partial charge in [0.1, 0.15) is 12.1 Å². The Labute approximate surface area is 247 Å². The molecule has 0 aromatic rings. The fourth-order valence-corrected chi connectivity index (χ4v) is 3.19. The number of ether oxygens (including phenoxy) is 4. The van der Waals surface area contributed by atoms with Crippen LogP contribution in [0.2, 0.25) is 0 Å². The number of hydroxylamine groups is 2. The molecule has 0 radical (unpaired) electrons. The number of methoxy groups -OCH3 is 4. The van der Waals surface area contributed by atoms with Gasteiger partial charge in [-0.2, -0.15) is 0 Å². The molecule has 0 aromatic heterocycles. The minimum absolute atomic E-state index is 0.0274. The number of carboxylic acid groups (broad SMARTS) is 1. The summed E-state index contributed by atoms with van der Waals surface area (Å²) in [6, 6.07) is -2.10. The molecule has 19 nitrogen and oxygen atoms in total. The van der Waals surface area contributed by atoms with Gasteiger partial charge in [-0.25, -0.2) is 28.8 Å². The summed E-state index contributed by atoms with van der Waals surface area (Å²) in [5.74, 6) is -3.30. The van der Waals surface area contributed by atoms with Crippen molar-refractivity contribution in [1.82, 2.24) is 26.3 Å². The first-order chi connectivity index (χ1) is 20.4. The molecule has 0 saturated carbocycles. The second-order valence-corrected chi connectivity index (χ2v) is 8.54. The van der Waals surface area contributed by atoms with Gasteiger partial charge >= 0.3 is 36.3 Å². The van der Waals surface area contributed by atoms with Crippen LogP contribution < -0.4 is 21.3 Å². The fourth-order valence-electron chi connectivity index (χ4n) is 3.19. The molecule has 2 unspecified atom stereocenters. The summed E-state index contributed by atoms with van der Waals surface area (Å²) >= 11 is 0. The zero-order valence-corrected chi connectivity index (χ0v) is 24.4. The number of aliphatic carboxylic acids is 1. The molecule has 1 fully saturated rings. The minimum Gasteiger partial charge on any atom is -0.480 e. The molecule has 6 amide bonds. The van der Waals surface area contributed by atoms with Gasteiger partial charge in [-0.05, 0) is 38.5 Å². The number of unbranched alkanes of at least 4 members (excludes halogenated alkanes) is 2. The molecule has 0 aromatic carbocycles. The van der Waals surface area contributed by atoms with Crippen LogP contribution in [-0.2, 0) is 43.0 Å². The summed E-state index contributed by atoms with van der Waals surface area (Å²) in [7, 11) is 4.79. The van der Waals surface area contributed by atoms with E-state index in [2.05, 4.69) is 40.2 Å². The number of imide groups is 1. The third kappa shape index (κ3) is 16.9. The maximum atomic E-state index is 12.1. The van der Waals surface area contributed by atoms with E-state index in [9.17, 15) is 38.4 Å². The molecule has 5 N–H and O–H groups in total. The van der Waals surface area contributed by atoms with Crippen LogP contribution in [0.3, 0.4) is 0 Å². The molecule has 244 valence electrons. The zero-order chi connectivity index (χ0) is 32.8. The van der Waals surface area contributed by atoms with Crippen LogP contribution in [-0.4, -0.2) is 112 Å². The Morgan fingerprint density at radius 2 is 1.07 bits per heavy atom. The van der Waals surface area contributed by atoms with E-state index in [0.717, 1.165) is 14.2 Å². The summed E-state index contributed by atoms with van der Waals surface area (Å²) in [6.07, 6.45) is -0.316. The third-order valence-corrected chi connectivity index (χ3v) is 5.47. The highest BCUT2D eigenvalue weighted by atomic mass is 16.7. The fraction of sp³-hybridized carbons (Fsp3) is 0.667. The van der Waals surface area contributed by atoms with E-state index < -0.39 is 60.2 Å². The van der Waals surface area contributed by atoms with Crippen LogP contribution in [0.15, 0.2) is 0 Å². The predicted octanol–water partition coefficient (Wildman–Crippen LogP) is 0.166. The molecule has 0 bridgehead atoms. The van der Waals surface area contributed by atoms with E-state index >= 15 is 0 Å². The molecule has 0 aliphatic carbocycles. The number of nitrogens with one attached hydrogen (secondary N) is 4. The number of carboxylic acids is 1. The SMILES string of the molecule is COC(=O)NCCCCC(NC(=O)OC)C(=O)O.COC(=O)NCCCCC(NC(=O)OC)C(=O)ON1C(=O)CCC1=O. The standard InChI is InChI=1S/C14H21N3O8.C10H18N2O6/c1-23-13(21)15-8-4-3-5-9(16-14(22)24-2)12(20)25-17-10(18)6-7-11(17)19;1-17-9(15)11-6-4-3-5-7(8(13)14)12-10(16)18-2/h9H,3-8H2,1-2H3,(H,15,21)(H,16,22);7H,3-6H2,1-2H3,(H,11,15)(H,12,16)(H,13,14). The van der Waals surface area contributed by atoms with E-state index in [1.165, 1.54) is 14.2 Å². The number of hydrogen-bond donors (Lipinski definition) is 5. The Kier molecular flexibility index (Phi) is 19.4. The Balaban J connectivity index is 0.000000869. The Bertz CT molecular complexity index is 960. The number of carbonyl (C=O) groups is 8. The van der Waals surface area contributed by atoms with Crippen molar-refractivity contribution in [3.63, 3.8) is 0 Å². The van der Waals surface area contributed by atoms with Gasteiger partial charge in [0.15, 0.2) is 0 Å². The van der Waals surface area contributed by atoms with E-state index in [0.29, 0.717) is 43.8 Å². The molecule has 1 saturated heterocycles. The van der Waals surface area contributed by atoms with Crippen LogP contribution in [0, 0.1) is 0 Å². The van der Waals surface area contributed by atoms with E-state index in [1.54, 1.807) is 0 Å². The van der Waals surface area contributed by atoms with Crippen molar-refractivity contribution in [2.75, 3.05) is 41.5 Å². The lowest BCUT2D eigenvalue weighted by Crippen LogP contribution is -2.45. The van der Waals surface area contributed by atoms with Crippen molar-refractivity contribution in [1.29, 1.82) is 0 Å². The Morgan fingerprint density at radius 3 is 1.47 bits per heavy atom. The molecular formula is C24H39N5O14. The van der Waals surface area contributed by atoms with Gasteiger partial charge in [0, 0.05) is 25.9 Å². The van der Waals surface area contributed by atoms with E-state index in [4.69, 9.17) is 9.94 Å². The molecule has 0 spiro atoms. The van der Waals surface area contributed by atoms with Gasteiger partial charge in [-0.15, -0.1) is 5.06 Å². The smallest absolute Gasteiger partial charge is 0.407 e. The number of alkyl carbamates (subject to hydrolysis) is 4. The first kappa shape index (κ1) is 38.2. The van der Waals surface area contributed by atoms with Gasteiger partial charge in [0.05, 0.1) is 28.4 Å². The zero-order valence-electron chi connectivity index (χ0n) is 24.4. The number of carbonyl (C=O) groups excluding carboxylic acids is 7. The maximum absolute atomic E-state index is 12.1. The quantitative estimate of drug-likeness (QED) is 0.0928. The van der Waals surface area contributed by atoms with Crippen molar-refractivity contribution in [3.05, 3.63) is 0 Å². The lowest BCUT2D eigenvalue weighted by Gasteiger charge is -2.19. The van der Waals surface area contributed by atoms with Crippen LogP contribution in [0.5, 0.6) is 0 Å². The van der Waals surface area contributed by atoms with E-state index in [-0.39, 0.29) is 25.7 Å². The molecule has 1 aliphatic rings. The summed E-state index contributed by atoms with van der Waals surface area (Å²) in [5.41, 5.74) is 0. The maximum Gasteiger partial charge on any atom is 0.407 e. The number of rotatable bonds is 15. The highest BCUT2D eigenvalue weighted by molar-refractivity contribution is 6.01. The lowest BCUT2D eigenvalue weighted by molar-refractivity contribution is -0.199. The monoisotopic (exact) mass is 621 g/mol. The second-order valence-electron chi connectivity index (χ2n) is 8.54. The summed E-state index contributed by atoms with van der Waals surface area (Å²) in [4.78, 5) is 94.5. The van der Waals surface area contributed by atoms with Crippen molar-refractivity contribution in [2.45, 2.75) is 63.5 Å². The third-order valence-electron chi connectivity index (χ3n) is 5.47. The Hall–Kier alpha value is -4.84. The minimum atomic E-state index is -1.12. The average Bonchev–Trinajstić information content (AvgIpc) is 3.30. The average molecular weight is 622 g/mol. The lowest BCUT2D eigenvalue weighted by atomic mass is 10.1. The second kappa shape index (κ2) is 21.8. The van der Waals surface area contributed by atoms with Crippen LogP contribution in [0.1, 0.15) is 51.4 Å². The molecule has 19 heteroatoms. The Morgan fingerprint density at radius 1 is 0.674 bits per heavy atom. The molecule has 2 atom stereocenters. The summed E-state index contributed by atoms with van der Waals surface area (Å²) in [6.45, 7) is 0.701. The number of nitrogens with zero attached hydrogens (tertiary/aromatic N) is 1. The number of hydrogen-bond acceptors (Lipinski definition) is 13. The van der Waals surface area contributed by atoms with Crippen molar-refractivity contribution in [3.8, 4) is 0 Å². The highest BCUT2D eigenvalue weighted by Gasteiger charge is 2.35. The van der Waals surface area contributed by atoms with Gasteiger partial charge in [0.25, 0.3) is 11.8 Å². The van der Waals surface area contributed by atoms with Crippen molar-refractivity contribution in [2.24, 2.45) is 0 Å².